The van der Waals surface area contributed by atoms with Gasteiger partial charge in [0.1, 0.15) is 12.8 Å². The number of likely N-dealkylation sites (tertiary alicyclic amines) is 1. The Morgan fingerprint density at radius 2 is 1.65 bits per heavy atom. The number of hydrogen-bond donors (Lipinski definition) is 1. The maximum Gasteiger partial charge on any atom is 0.416 e. The van der Waals surface area contributed by atoms with Crippen LogP contribution in [0.4, 0.5) is 26.3 Å². The third-order valence-corrected chi connectivity index (χ3v) is 8.33. The van der Waals surface area contributed by atoms with Crippen LogP contribution in [-0.4, -0.2) is 41.5 Å². The van der Waals surface area contributed by atoms with Gasteiger partial charge in [0.25, 0.3) is 0 Å². The number of rotatable bonds is 5. The van der Waals surface area contributed by atoms with Crippen LogP contribution >= 0.6 is 0 Å². The Hall–Kier alpha value is -3.05. The molecule has 2 heterocycles. The lowest BCUT2D eigenvalue weighted by Crippen LogP contribution is -2.40. The Morgan fingerprint density at radius 3 is 2.23 bits per heavy atom. The molecule has 1 saturated heterocycles. The minimum Gasteiger partial charge on any atom is -0.456 e. The van der Waals surface area contributed by atoms with Crippen LogP contribution in [0, 0.1) is 18.8 Å². The van der Waals surface area contributed by atoms with Crippen molar-refractivity contribution in [2.75, 3.05) is 13.2 Å². The molecule has 5 rings (SSSR count). The van der Waals surface area contributed by atoms with Gasteiger partial charge in [-0.25, -0.2) is 4.79 Å². The number of aliphatic hydroxyl groups excluding tert-OH is 1. The van der Waals surface area contributed by atoms with E-state index in [0.717, 1.165) is 11.1 Å². The zero-order valence-corrected chi connectivity index (χ0v) is 21.8. The molecular formula is C29H29F6NO4. The molecule has 0 spiro atoms. The molecule has 6 atom stereocenters. The number of hydrogen-bond acceptors (Lipinski definition) is 5. The van der Waals surface area contributed by atoms with Gasteiger partial charge in [0, 0.05) is 24.5 Å². The minimum absolute atomic E-state index is 0.0540. The van der Waals surface area contributed by atoms with Crippen molar-refractivity contribution in [2.45, 2.75) is 63.4 Å². The fraction of sp³-hybridized carbons (Fsp3) is 0.483. The van der Waals surface area contributed by atoms with Crippen molar-refractivity contribution < 1.29 is 45.7 Å². The minimum atomic E-state index is -4.96. The third kappa shape index (κ3) is 5.45. The van der Waals surface area contributed by atoms with Crippen LogP contribution in [0.5, 0.6) is 0 Å². The molecule has 1 unspecified atom stereocenters. The summed E-state index contributed by atoms with van der Waals surface area (Å²) in [5, 5.41) is 11.2. The molecule has 0 radical (unpaired) electrons. The highest BCUT2D eigenvalue weighted by molar-refractivity contribution is 5.85. The van der Waals surface area contributed by atoms with E-state index in [1.807, 2.05) is 31.2 Å². The zero-order chi connectivity index (χ0) is 29.0. The van der Waals surface area contributed by atoms with Gasteiger partial charge in [-0.2, -0.15) is 26.3 Å². The summed E-state index contributed by atoms with van der Waals surface area (Å²) in [6, 6.07) is 9.13. The van der Waals surface area contributed by atoms with E-state index < -0.39 is 47.9 Å². The number of esters is 1. The zero-order valence-electron chi connectivity index (χ0n) is 21.8. The van der Waals surface area contributed by atoms with E-state index in [0.29, 0.717) is 37.2 Å². The topological polar surface area (TPSA) is 59.0 Å². The van der Waals surface area contributed by atoms with Crippen molar-refractivity contribution in [3.05, 3.63) is 82.1 Å². The van der Waals surface area contributed by atoms with Crippen LogP contribution in [0.25, 0.3) is 0 Å². The van der Waals surface area contributed by atoms with Crippen LogP contribution < -0.4 is 0 Å². The van der Waals surface area contributed by atoms with Gasteiger partial charge >= 0.3 is 18.3 Å². The average Bonchev–Trinajstić information content (AvgIpc) is 3.46. The number of fused-ring (bicyclic) bond motifs is 1. The number of nitrogens with zero attached hydrogens (tertiary/aromatic N) is 1. The summed E-state index contributed by atoms with van der Waals surface area (Å²) >= 11 is 0. The van der Waals surface area contributed by atoms with Gasteiger partial charge in [-0.05, 0) is 67.5 Å². The van der Waals surface area contributed by atoms with Crippen LogP contribution in [0.2, 0.25) is 0 Å². The predicted octanol–water partition coefficient (Wildman–Crippen LogP) is 6.36. The van der Waals surface area contributed by atoms with E-state index in [2.05, 4.69) is 0 Å². The highest BCUT2D eigenvalue weighted by Crippen LogP contribution is 2.51. The molecule has 1 N–H and O–H groups in total. The van der Waals surface area contributed by atoms with Crippen molar-refractivity contribution in [3.8, 4) is 0 Å². The van der Waals surface area contributed by atoms with E-state index in [-0.39, 0.29) is 36.0 Å². The molecule has 3 aliphatic rings. The SMILES string of the molecule is Cc1ccccc1[C@H]1[C@@H]2CN(C3=CC(=O)OC3)C(O)[C@H]2CC[C@@H]1O[C@H](C)c1cc(C(F)(F)F)cc(C(F)(F)F)c1. The molecule has 11 heteroatoms. The van der Waals surface area contributed by atoms with Gasteiger partial charge in [0.2, 0.25) is 0 Å². The molecule has 2 aliphatic heterocycles. The van der Waals surface area contributed by atoms with Gasteiger partial charge in [-0.3, -0.25) is 0 Å². The van der Waals surface area contributed by atoms with E-state index in [1.54, 1.807) is 4.90 Å². The number of benzene rings is 2. The van der Waals surface area contributed by atoms with Gasteiger partial charge in [0.15, 0.2) is 0 Å². The monoisotopic (exact) mass is 569 g/mol. The van der Waals surface area contributed by atoms with Crippen LogP contribution in [-0.2, 0) is 26.6 Å². The number of ether oxygens (including phenoxy) is 2. The lowest BCUT2D eigenvalue weighted by atomic mass is 9.68. The Balaban J connectivity index is 1.48. The summed E-state index contributed by atoms with van der Waals surface area (Å²) in [7, 11) is 0. The number of aryl methyl sites for hydroxylation is 1. The smallest absolute Gasteiger partial charge is 0.416 e. The molecule has 40 heavy (non-hydrogen) atoms. The first-order valence-corrected chi connectivity index (χ1v) is 13.1. The summed E-state index contributed by atoms with van der Waals surface area (Å²) in [5.41, 5.74) is -0.515. The fourth-order valence-electron chi connectivity index (χ4n) is 6.39. The van der Waals surface area contributed by atoms with Gasteiger partial charge in [-0.1, -0.05) is 24.3 Å². The maximum absolute atomic E-state index is 13.5. The number of aliphatic hydroxyl groups is 1. The quantitative estimate of drug-likeness (QED) is 0.335. The summed E-state index contributed by atoms with van der Waals surface area (Å²) in [6.07, 6.45) is -10.1. The molecule has 0 aromatic heterocycles. The number of carbonyl (C=O) groups is 1. The summed E-state index contributed by atoms with van der Waals surface area (Å²) < 4.78 is 92.3. The van der Waals surface area contributed by atoms with E-state index in [4.69, 9.17) is 9.47 Å². The predicted molar refractivity (Wildman–Crippen MR) is 132 cm³/mol. The van der Waals surface area contributed by atoms with Crippen LogP contribution in [0.1, 0.15) is 59.6 Å². The Bertz CT molecular complexity index is 1270. The van der Waals surface area contributed by atoms with Gasteiger partial charge < -0.3 is 19.5 Å². The molecule has 1 aliphatic carbocycles. The second-order valence-corrected chi connectivity index (χ2v) is 10.8. The number of halogens is 6. The average molecular weight is 570 g/mol. The van der Waals surface area contributed by atoms with E-state index in [9.17, 15) is 36.2 Å². The maximum atomic E-state index is 13.5. The molecule has 2 aromatic rings. The normalized spacial score (nSPS) is 27.8. The lowest BCUT2D eigenvalue weighted by molar-refractivity contribution is -0.143. The molecular weight excluding hydrogens is 540 g/mol. The van der Waals surface area contributed by atoms with Gasteiger partial charge in [0.05, 0.1) is 29.0 Å². The lowest BCUT2D eigenvalue weighted by Gasteiger charge is -2.41. The second-order valence-electron chi connectivity index (χ2n) is 10.8. The number of carbonyl (C=O) groups excluding carboxylic acids is 1. The van der Waals surface area contributed by atoms with Crippen molar-refractivity contribution >= 4 is 5.97 Å². The molecule has 2 fully saturated rings. The standard InChI is InChI=1S/C29H29F6NO4/c1-15-5-3-4-6-21(15)26-23-13-36(20-12-25(37)39-14-20)27(38)22(23)7-8-24(26)40-16(2)17-9-18(28(30,31)32)11-19(10-17)29(33,34)35/h3-6,9-12,16,22-24,26-27,38H,7-8,13-14H2,1-2H3/t16-,22+,23-,24+,26+,27?/m1/s1. The summed E-state index contributed by atoms with van der Waals surface area (Å²) in [4.78, 5) is 13.4. The van der Waals surface area contributed by atoms with Gasteiger partial charge in [-0.15, -0.1) is 0 Å². The Morgan fingerprint density at radius 1 is 1.00 bits per heavy atom. The first kappa shape index (κ1) is 28.5. The first-order chi connectivity index (χ1) is 18.7. The number of alkyl halides is 6. The molecule has 5 nitrogen and oxygen atoms in total. The van der Waals surface area contributed by atoms with Crippen molar-refractivity contribution in [2.24, 2.45) is 11.8 Å². The summed E-state index contributed by atoms with van der Waals surface area (Å²) in [6.45, 7) is 3.83. The molecule has 1 saturated carbocycles. The highest BCUT2D eigenvalue weighted by Gasteiger charge is 2.51. The third-order valence-electron chi connectivity index (χ3n) is 8.33. The number of cyclic esters (lactones) is 1. The van der Waals surface area contributed by atoms with Crippen molar-refractivity contribution in [3.63, 3.8) is 0 Å². The molecule has 2 aromatic carbocycles. The molecule has 0 bridgehead atoms. The Kier molecular flexibility index (Phi) is 7.41. The van der Waals surface area contributed by atoms with Crippen LogP contribution in [0.3, 0.4) is 0 Å². The van der Waals surface area contributed by atoms with Crippen molar-refractivity contribution in [1.29, 1.82) is 0 Å². The highest BCUT2D eigenvalue weighted by atomic mass is 19.4. The van der Waals surface area contributed by atoms with E-state index in [1.165, 1.54) is 13.0 Å². The van der Waals surface area contributed by atoms with E-state index >= 15 is 0 Å². The summed E-state index contributed by atoms with van der Waals surface area (Å²) in [5.74, 6) is -1.11. The van der Waals surface area contributed by atoms with Crippen molar-refractivity contribution in [1.82, 2.24) is 4.90 Å². The molecule has 216 valence electrons. The fourth-order valence-corrected chi connectivity index (χ4v) is 6.39. The largest absolute Gasteiger partial charge is 0.456 e. The van der Waals surface area contributed by atoms with Crippen LogP contribution in [0.15, 0.2) is 54.2 Å². The second kappa shape index (κ2) is 10.4. The molecule has 0 amide bonds. The first-order valence-electron chi connectivity index (χ1n) is 13.1. The Labute approximate surface area is 227 Å².